The zero-order valence-electron chi connectivity index (χ0n) is 16.3. The van der Waals surface area contributed by atoms with Crippen molar-refractivity contribution in [3.63, 3.8) is 0 Å². The van der Waals surface area contributed by atoms with E-state index in [-0.39, 0.29) is 0 Å². The summed E-state index contributed by atoms with van der Waals surface area (Å²) < 4.78 is 0. The van der Waals surface area contributed by atoms with Crippen LogP contribution in [0.15, 0.2) is 48.7 Å². The molecule has 0 spiro atoms. The lowest BCUT2D eigenvalue weighted by Crippen LogP contribution is -2.20. The molecule has 0 radical (unpaired) electrons. The minimum atomic E-state index is 0.299. The molecule has 0 amide bonds. The number of nitrogens with zero attached hydrogens (tertiary/aromatic N) is 2. The smallest absolute Gasteiger partial charge is 0.159 e. The van der Waals surface area contributed by atoms with Crippen LogP contribution in [0.2, 0.25) is 0 Å². The monoisotopic (exact) mass is 385 g/mol. The Hall–Kier alpha value is -3.38. The molecule has 6 heteroatoms. The lowest BCUT2D eigenvalue weighted by atomic mass is 9.97. The lowest BCUT2D eigenvalue weighted by Gasteiger charge is -2.11. The molecule has 0 fully saturated rings. The van der Waals surface area contributed by atoms with Crippen molar-refractivity contribution in [1.29, 1.82) is 0 Å². The third kappa shape index (κ3) is 3.21. The van der Waals surface area contributed by atoms with Crippen molar-refractivity contribution >= 4 is 16.5 Å². The van der Waals surface area contributed by atoms with E-state index in [4.69, 9.17) is 4.98 Å². The van der Waals surface area contributed by atoms with Crippen molar-refractivity contribution in [1.82, 2.24) is 25.5 Å². The summed E-state index contributed by atoms with van der Waals surface area (Å²) in [4.78, 5) is 8.07. The van der Waals surface area contributed by atoms with Crippen molar-refractivity contribution in [2.75, 3.05) is 13.1 Å². The number of hydrogen-bond donors (Lipinski definition) is 4. The number of hydrogen-bond acceptors (Lipinski definition) is 4. The van der Waals surface area contributed by atoms with Crippen LogP contribution < -0.4 is 5.32 Å². The molecule has 0 saturated heterocycles. The fraction of sp³-hybridized carbons (Fsp3) is 0.217. The molecule has 1 aliphatic heterocycles. The van der Waals surface area contributed by atoms with Crippen molar-refractivity contribution in [3.8, 4) is 28.4 Å². The van der Waals surface area contributed by atoms with Crippen molar-refractivity contribution in [3.05, 3.63) is 59.9 Å². The van der Waals surface area contributed by atoms with E-state index in [0.29, 0.717) is 5.75 Å². The zero-order valence-corrected chi connectivity index (χ0v) is 16.3. The van der Waals surface area contributed by atoms with Gasteiger partial charge in [0.1, 0.15) is 11.4 Å². The second kappa shape index (κ2) is 7.22. The molecular weight excluding hydrogens is 362 g/mol. The van der Waals surface area contributed by atoms with Gasteiger partial charge in [-0.2, -0.15) is 5.10 Å². The molecule has 0 bridgehead atoms. The maximum absolute atomic E-state index is 9.78. The van der Waals surface area contributed by atoms with Gasteiger partial charge in [-0.1, -0.05) is 25.1 Å². The molecule has 0 unspecified atom stereocenters. The predicted octanol–water partition coefficient (Wildman–Crippen LogP) is 4.26. The molecule has 1 aliphatic rings. The van der Waals surface area contributed by atoms with Gasteiger partial charge in [-0.15, -0.1) is 0 Å². The van der Waals surface area contributed by atoms with Gasteiger partial charge in [0, 0.05) is 18.1 Å². The molecule has 6 nitrogen and oxygen atoms in total. The second-order valence-electron chi connectivity index (χ2n) is 7.35. The highest BCUT2D eigenvalue weighted by atomic mass is 16.3. The van der Waals surface area contributed by atoms with E-state index < -0.39 is 0 Å². The number of phenolic OH excluding ortho intramolecular Hbond substituents is 1. The summed E-state index contributed by atoms with van der Waals surface area (Å²) in [6, 6.07) is 11.8. The van der Waals surface area contributed by atoms with Gasteiger partial charge < -0.3 is 15.4 Å². The highest BCUT2D eigenvalue weighted by molar-refractivity contribution is 5.94. The van der Waals surface area contributed by atoms with E-state index in [0.717, 1.165) is 70.7 Å². The number of benzene rings is 2. The standard InChI is InChI=1S/C23H23N5O/c1-2-14-11-17(29)4-6-18(14)16-3-5-19-20(12-16)27-28-22(19)23-25-13-21(26-23)15-7-9-24-10-8-15/h3-7,11-13,24,29H,2,8-10H2,1H3,(H,25,26)(H,27,28). The average Bonchev–Trinajstić information content (AvgIpc) is 3.41. The first-order chi connectivity index (χ1) is 14.2. The zero-order chi connectivity index (χ0) is 19.8. The SMILES string of the molecule is CCc1cc(O)ccc1-c1ccc2c(-c3nc(C4=CCNCC4)c[nH]3)n[nH]c2c1. The number of nitrogens with one attached hydrogen (secondary N) is 3. The van der Waals surface area contributed by atoms with Gasteiger partial charge in [0.2, 0.25) is 0 Å². The Balaban J connectivity index is 1.52. The summed E-state index contributed by atoms with van der Waals surface area (Å²) in [5.74, 6) is 1.07. The molecular formula is C23H23N5O. The van der Waals surface area contributed by atoms with Gasteiger partial charge in [0.15, 0.2) is 5.82 Å². The highest BCUT2D eigenvalue weighted by Gasteiger charge is 2.15. The Bertz CT molecular complexity index is 1220. The van der Waals surface area contributed by atoms with Crippen LogP contribution in [0.5, 0.6) is 5.75 Å². The highest BCUT2D eigenvalue weighted by Crippen LogP contribution is 2.32. The minimum Gasteiger partial charge on any atom is -0.508 e. The fourth-order valence-corrected chi connectivity index (χ4v) is 3.98. The summed E-state index contributed by atoms with van der Waals surface area (Å²) in [5.41, 5.74) is 7.40. The first kappa shape index (κ1) is 17.7. The predicted molar refractivity (Wildman–Crippen MR) is 116 cm³/mol. The lowest BCUT2D eigenvalue weighted by molar-refractivity contribution is 0.474. The van der Waals surface area contributed by atoms with Crippen molar-refractivity contribution in [2.45, 2.75) is 19.8 Å². The van der Waals surface area contributed by atoms with Crippen molar-refractivity contribution in [2.24, 2.45) is 0 Å². The van der Waals surface area contributed by atoms with Gasteiger partial charge in [-0.3, -0.25) is 5.10 Å². The van der Waals surface area contributed by atoms with Crippen LogP contribution in [-0.4, -0.2) is 38.4 Å². The number of imidazole rings is 1. The van der Waals surface area contributed by atoms with Gasteiger partial charge in [-0.05, 0) is 65.9 Å². The third-order valence-electron chi connectivity index (χ3n) is 5.54. The van der Waals surface area contributed by atoms with Gasteiger partial charge in [0.05, 0.1) is 11.2 Å². The number of aryl methyl sites for hydroxylation is 1. The molecule has 29 heavy (non-hydrogen) atoms. The molecule has 146 valence electrons. The molecule has 0 saturated carbocycles. The molecule has 0 aliphatic carbocycles. The van der Waals surface area contributed by atoms with E-state index in [1.165, 1.54) is 5.57 Å². The average molecular weight is 385 g/mol. The number of aromatic amines is 2. The first-order valence-corrected chi connectivity index (χ1v) is 9.99. The Morgan fingerprint density at radius 3 is 2.90 bits per heavy atom. The quantitative estimate of drug-likeness (QED) is 0.422. The Morgan fingerprint density at radius 1 is 1.14 bits per heavy atom. The summed E-state index contributed by atoms with van der Waals surface area (Å²) in [5, 5.41) is 21.8. The molecule has 5 rings (SSSR count). The molecule has 2 aromatic heterocycles. The van der Waals surface area contributed by atoms with Crippen molar-refractivity contribution < 1.29 is 5.11 Å². The maximum atomic E-state index is 9.78. The van der Waals surface area contributed by atoms with E-state index in [9.17, 15) is 5.11 Å². The largest absolute Gasteiger partial charge is 0.508 e. The number of rotatable bonds is 4. The summed E-state index contributed by atoms with van der Waals surface area (Å²) in [6.45, 7) is 3.97. The normalized spacial score (nSPS) is 14.3. The summed E-state index contributed by atoms with van der Waals surface area (Å²) in [6.07, 6.45) is 6.00. The Morgan fingerprint density at radius 2 is 2.07 bits per heavy atom. The van der Waals surface area contributed by atoms with Crippen LogP contribution in [0.1, 0.15) is 24.6 Å². The van der Waals surface area contributed by atoms with E-state index in [2.05, 4.69) is 51.7 Å². The van der Waals surface area contributed by atoms with Crippen LogP contribution in [0.25, 0.3) is 39.1 Å². The van der Waals surface area contributed by atoms with Crippen LogP contribution in [-0.2, 0) is 6.42 Å². The second-order valence-corrected chi connectivity index (χ2v) is 7.35. The molecule has 4 aromatic rings. The number of phenols is 1. The first-order valence-electron chi connectivity index (χ1n) is 9.99. The molecule has 2 aromatic carbocycles. The Kier molecular flexibility index (Phi) is 4.41. The van der Waals surface area contributed by atoms with Crippen LogP contribution in [0, 0.1) is 0 Å². The number of fused-ring (bicyclic) bond motifs is 1. The van der Waals surface area contributed by atoms with Gasteiger partial charge in [-0.25, -0.2) is 4.98 Å². The van der Waals surface area contributed by atoms with E-state index >= 15 is 0 Å². The van der Waals surface area contributed by atoms with Crippen LogP contribution >= 0.6 is 0 Å². The number of H-pyrrole nitrogens is 2. The summed E-state index contributed by atoms with van der Waals surface area (Å²) in [7, 11) is 0. The molecule has 0 atom stereocenters. The maximum Gasteiger partial charge on any atom is 0.159 e. The fourth-order valence-electron chi connectivity index (χ4n) is 3.98. The topological polar surface area (TPSA) is 89.6 Å². The Labute approximate surface area is 168 Å². The van der Waals surface area contributed by atoms with Gasteiger partial charge >= 0.3 is 0 Å². The summed E-state index contributed by atoms with van der Waals surface area (Å²) >= 11 is 0. The minimum absolute atomic E-state index is 0.299. The van der Waals surface area contributed by atoms with E-state index in [1.807, 2.05) is 18.3 Å². The third-order valence-corrected chi connectivity index (χ3v) is 5.54. The number of aromatic nitrogens is 4. The molecule has 3 heterocycles. The van der Waals surface area contributed by atoms with Crippen LogP contribution in [0.4, 0.5) is 0 Å². The molecule has 4 N–H and O–H groups in total. The van der Waals surface area contributed by atoms with Crippen LogP contribution in [0.3, 0.4) is 0 Å². The number of aromatic hydroxyl groups is 1. The van der Waals surface area contributed by atoms with E-state index in [1.54, 1.807) is 6.07 Å². The van der Waals surface area contributed by atoms with Gasteiger partial charge in [0.25, 0.3) is 0 Å².